The van der Waals surface area contributed by atoms with Crippen LogP contribution in [-0.4, -0.2) is 16.5 Å². The molecule has 1 saturated carbocycles. The maximum absolute atomic E-state index is 13.9. The van der Waals surface area contributed by atoms with Crippen molar-refractivity contribution in [1.29, 1.82) is 0 Å². The SMILES string of the molecule is CCCc1cc(OCc2ccccc2)n(C(CF)C2CCCCC2)n1.Cl. The van der Waals surface area contributed by atoms with Crippen molar-refractivity contribution in [3.8, 4) is 5.88 Å². The Morgan fingerprint density at radius 1 is 1.19 bits per heavy atom. The van der Waals surface area contributed by atoms with Crippen LogP contribution in [-0.2, 0) is 13.0 Å². The van der Waals surface area contributed by atoms with Gasteiger partial charge in [0.05, 0.1) is 11.7 Å². The molecule has 0 bridgehead atoms. The Hall–Kier alpha value is -1.55. The molecule has 1 aliphatic rings. The van der Waals surface area contributed by atoms with Crippen LogP contribution in [0.25, 0.3) is 0 Å². The standard InChI is InChI=1S/C21H29FN2O.ClH/c1-2-9-19-14-21(25-16-17-10-5-3-6-11-17)24(23-19)20(15-22)18-12-7-4-8-13-18;/h3,5-6,10-11,14,18,20H,2,4,7-9,12-13,15-16H2,1H3;1H. The number of aryl methyl sites for hydroxylation is 1. The van der Waals surface area contributed by atoms with Gasteiger partial charge in [0.2, 0.25) is 5.88 Å². The van der Waals surface area contributed by atoms with Gasteiger partial charge < -0.3 is 4.74 Å². The summed E-state index contributed by atoms with van der Waals surface area (Å²) in [6.07, 6.45) is 7.78. The van der Waals surface area contributed by atoms with Crippen molar-refractivity contribution in [2.75, 3.05) is 6.67 Å². The van der Waals surface area contributed by atoms with Gasteiger partial charge in [-0.2, -0.15) is 5.10 Å². The first-order chi connectivity index (χ1) is 12.3. The summed E-state index contributed by atoms with van der Waals surface area (Å²) in [6.45, 7) is 2.25. The minimum atomic E-state index is -0.375. The van der Waals surface area contributed by atoms with E-state index in [9.17, 15) is 4.39 Å². The second kappa shape index (κ2) is 10.6. The third-order valence-electron chi connectivity index (χ3n) is 5.15. The zero-order valence-corrected chi connectivity index (χ0v) is 16.4. The molecular formula is C21H30ClFN2O. The second-order valence-corrected chi connectivity index (χ2v) is 7.06. The molecule has 0 amide bonds. The highest BCUT2D eigenvalue weighted by Crippen LogP contribution is 2.35. The topological polar surface area (TPSA) is 27.1 Å². The second-order valence-electron chi connectivity index (χ2n) is 7.06. The summed E-state index contributed by atoms with van der Waals surface area (Å²) in [7, 11) is 0. The van der Waals surface area contributed by atoms with Gasteiger partial charge in [0.25, 0.3) is 0 Å². The number of hydrogen-bond acceptors (Lipinski definition) is 2. The number of halogens is 2. The Kier molecular flexibility index (Phi) is 8.43. The Morgan fingerprint density at radius 3 is 2.58 bits per heavy atom. The number of ether oxygens (including phenoxy) is 1. The Labute approximate surface area is 162 Å². The highest BCUT2D eigenvalue weighted by Gasteiger charge is 2.28. The minimum absolute atomic E-state index is 0. The van der Waals surface area contributed by atoms with E-state index in [1.54, 1.807) is 0 Å². The summed E-state index contributed by atoms with van der Waals surface area (Å²) >= 11 is 0. The number of aromatic nitrogens is 2. The fraction of sp³-hybridized carbons (Fsp3) is 0.571. The molecule has 1 aromatic heterocycles. The normalized spacial score (nSPS) is 16.1. The van der Waals surface area contributed by atoms with Gasteiger partial charge in [-0.15, -0.1) is 12.4 Å². The maximum atomic E-state index is 13.9. The first kappa shape index (κ1) is 20.8. The summed E-state index contributed by atoms with van der Waals surface area (Å²) in [5, 5.41) is 4.71. The van der Waals surface area contributed by atoms with Crippen molar-refractivity contribution in [3.05, 3.63) is 47.7 Å². The van der Waals surface area contributed by atoms with Crippen LogP contribution in [0.2, 0.25) is 0 Å². The van der Waals surface area contributed by atoms with E-state index in [-0.39, 0.29) is 25.1 Å². The molecule has 3 rings (SSSR count). The van der Waals surface area contributed by atoms with Crippen LogP contribution < -0.4 is 4.74 Å². The van der Waals surface area contributed by atoms with Crippen molar-refractivity contribution in [1.82, 2.24) is 9.78 Å². The average Bonchev–Trinajstić information content (AvgIpc) is 3.05. The van der Waals surface area contributed by atoms with Crippen molar-refractivity contribution in [2.45, 2.75) is 64.5 Å². The van der Waals surface area contributed by atoms with Crippen LogP contribution in [0, 0.1) is 5.92 Å². The summed E-state index contributed by atoms with van der Waals surface area (Å²) in [5.41, 5.74) is 2.11. The molecular weight excluding hydrogens is 351 g/mol. The van der Waals surface area contributed by atoms with E-state index in [2.05, 4.69) is 6.92 Å². The number of nitrogens with zero attached hydrogens (tertiary/aromatic N) is 2. The lowest BCUT2D eigenvalue weighted by Crippen LogP contribution is -2.25. The van der Waals surface area contributed by atoms with Gasteiger partial charge in [-0.25, -0.2) is 9.07 Å². The number of alkyl halides is 1. The van der Waals surface area contributed by atoms with Crippen LogP contribution in [0.1, 0.15) is 62.7 Å². The van der Waals surface area contributed by atoms with Gasteiger partial charge >= 0.3 is 0 Å². The van der Waals surface area contributed by atoms with Crippen LogP contribution in [0.4, 0.5) is 4.39 Å². The van der Waals surface area contributed by atoms with Gasteiger partial charge in [-0.1, -0.05) is 62.9 Å². The van der Waals surface area contributed by atoms with E-state index in [4.69, 9.17) is 9.84 Å². The van der Waals surface area contributed by atoms with Crippen molar-refractivity contribution in [2.24, 2.45) is 5.92 Å². The first-order valence-electron chi connectivity index (χ1n) is 9.63. The van der Waals surface area contributed by atoms with Crippen LogP contribution in [0.5, 0.6) is 5.88 Å². The van der Waals surface area contributed by atoms with E-state index in [1.165, 1.54) is 19.3 Å². The van der Waals surface area contributed by atoms with E-state index in [0.29, 0.717) is 18.4 Å². The molecule has 1 atom stereocenters. The summed E-state index contributed by atoms with van der Waals surface area (Å²) < 4.78 is 21.8. The molecule has 1 aromatic carbocycles. The summed E-state index contributed by atoms with van der Waals surface area (Å²) in [6, 6.07) is 11.9. The molecule has 1 unspecified atom stereocenters. The minimum Gasteiger partial charge on any atom is -0.473 e. The molecule has 0 spiro atoms. The van der Waals surface area contributed by atoms with Crippen LogP contribution in [0.15, 0.2) is 36.4 Å². The molecule has 0 N–H and O–H groups in total. The lowest BCUT2D eigenvalue weighted by Gasteiger charge is -2.29. The molecule has 1 aliphatic carbocycles. The van der Waals surface area contributed by atoms with Gasteiger partial charge in [0, 0.05) is 6.07 Å². The number of benzene rings is 1. The monoisotopic (exact) mass is 380 g/mol. The smallest absolute Gasteiger partial charge is 0.212 e. The third kappa shape index (κ3) is 5.23. The van der Waals surface area contributed by atoms with E-state index >= 15 is 0 Å². The molecule has 1 fully saturated rings. The highest BCUT2D eigenvalue weighted by atomic mass is 35.5. The molecule has 26 heavy (non-hydrogen) atoms. The van der Waals surface area contributed by atoms with Gasteiger partial charge in [-0.05, 0) is 30.7 Å². The van der Waals surface area contributed by atoms with Crippen molar-refractivity contribution >= 4 is 12.4 Å². The van der Waals surface area contributed by atoms with Crippen LogP contribution >= 0.6 is 12.4 Å². The van der Waals surface area contributed by atoms with Gasteiger partial charge in [0.1, 0.15) is 13.3 Å². The first-order valence-corrected chi connectivity index (χ1v) is 9.63. The van der Waals surface area contributed by atoms with Crippen molar-refractivity contribution in [3.63, 3.8) is 0 Å². The maximum Gasteiger partial charge on any atom is 0.212 e. The number of hydrogen-bond donors (Lipinski definition) is 0. The van der Waals surface area contributed by atoms with Gasteiger partial charge in [0.15, 0.2) is 0 Å². The van der Waals surface area contributed by atoms with E-state index < -0.39 is 0 Å². The molecule has 1 heterocycles. The fourth-order valence-electron chi connectivity index (χ4n) is 3.79. The molecule has 0 saturated heterocycles. The fourth-order valence-corrected chi connectivity index (χ4v) is 3.79. The molecule has 3 nitrogen and oxygen atoms in total. The van der Waals surface area contributed by atoms with Crippen LogP contribution in [0.3, 0.4) is 0 Å². The largest absolute Gasteiger partial charge is 0.473 e. The Morgan fingerprint density at radius 2 is 1.92 bits per heavy atom. The lowest BCUT2D eigenvalue weighted by atomic mass is 9.84. The molecule has 2 aromatic rings. The predicted molar refractivity (Wildman–Crippen MR) is 106 cm³/mol. The Balaban J connectivity index is 0.00000243. The average molecular weight is 381 g/mol. The molecule has 0 radical (unpaired) electrons. The molecule has 0 aliphatic heterocycles. The molecule has 144 valence electrons. The quantitative estimate of drug-likeness (QED) is 0.567. The van der Waals surface area contributed by atoms with Crippen molar-refractivity contribution < 1.29 is 9.13 Å². The van der Waals surface area contributed by atoms with E-state index in [0.717, 1.165) is 36.9 Å². The Bertz CT molecular complexity index is 641. The predicted octanol–water partition coefficient (Wildman–Crippen LogP) is 5.93. The molecule has 5 heteroatoms. The lowest BCUT2D eigenvalue weighted by molar-refractivity contribution is 0.170. The zero-order chi connectivity index (χ0) is 17.5. The highest BCUT2D eigenvalue weighted by molar-refractivity contribution is 5.85. The number of rotatable bonds is 8. The summed E-state index contributed by atoms with van der Waals surface area (Å²) in [4.78, 5) is 0. The van der Waals surface area contributed by atoms with Gasteiger partial charge in [-0.3, -0.25) is 0 Å². The van der Waals surface area contributed by atoms with E-state index in [1.807, 2.05) is 41.1 Å². The third-order valence-corrected chi connectivity index (χ3v) is 5.15. The zero-order valence-electron chi connectivity index (χ0n) is 15.6. The summed E-state index contributed by atoms with van der Waals surface area (Å²) in [5.74, 6) is 1.08.